The van der Waals surface area contributed by atoms with Crippen LogP contribution in [0.4, 0.5) is 5.69 Å². The van der Waals surface area contributed by atoms with Crippen molar-refractivity contribution in [1.82, 2.24) is 0 Å². The van der Waals surface area contributed by atoms with E-state index in [1.807, 2.05) is 0 Å². The molecule has 0 saturated heterocycles. The molecule has 80 valence electrons. The summed E-state index contributed by atoms with van der Waals surface area (Å²) in [5.74, 6) is 0. The molecule has 0 atom stereocenters. The lowest BCUT2D eigenvalue weighted by molar-refractivity contribution is -0.384. The zero-order valence-corrected chi connectivity index (χ0v) is 8.47. The Balaban J connectivity index is 2.97. The van der Waals surface area contributed by atoms with Crippen molar-refractivity contribution in [3.8, 4) is 0 Å². The first kappa shape index (κ1) is 11.2. The highest BCUT2D eigenvalue weighted by molar-refractivity contribution is 5.41. The van der Waals surface area contributed by atoms with Gasteiger partial charge in [0.05, 0.1) is 4.92 Å². The van der Waals surface area contributed by atoms with E-state index in [0.29, 0.717) is 12.0 Å². The van der Waals surface area contributed by atoms with Crippen molar-refractivity contribution in [3.63, 3.8) is 0 Å². The Kier molecular flexibility index (Phi) is 3.04. The highest BCUT2D eigenvalue weighted by atomic mass is 16.6. The molecule has 15 heavy (non-hydrogen) atoms. The van der Waals surface area contributed by atoms with Crippen LogP contribution in [-0.2, 0) is 15.1 Å². The molecule has 5 heteroatoms. The third-order valence-corrected chi connectivity index (χ3v) is 2.12. The summed E-state index contributed by atoms with van der Waals surface area (Å²) in [4.78, 5) is 20.2. The molecule has 0 aliphatic rings. The second kappa shape index (κ2) is 4.08. The summed E-state index contributed by atoms with van der Waals surface area (Å²) < 4.78 is 4.87. The van der Waals surface area contributed by atoms with E-state index >= 15 is 0 Å². The van der Waals surface area contributed by atoms with Gasteiger partial charge in [-0.15, -0.1) is 0 Å². The van der Waals surface area contributed by atoms with Crippen LogP contribution in [0.2, 0.25) is 0 Å². The van der Waals surface area contributed by atoms with Crippen LogP contribution in [0.25, 0.3) is 0 Å². The van der Waals surface area contributed by atoms with Gasteiger partial charge in [-0.1, -0.05) is 0 Å². The van der Waals surface area contributed by atoms with Crippen molar-refractivity contribution in [2.24, 2.45) is 0 Å². The summed E-state index contributed by atoms with van der Waals surface area (Å²) >= 11 is 0. The van der Waals surface area contributed by atoms with Gasteiger partial charge in [-0.3, -0.25) is 14.9 Å². The molecule has 1 aromatic carbocycles. The van der Waals surface area contributed by atoms with Gasteiger partial charge >= 0.3 is 0 Å². The first-order valence-corrected chi connectivity index (χ1v) is 4.34. The van der Waals surface area contributed by atoms with Crippen molar-refractivity contribution < 1.29 is 14.5 Å². The summed E-state index contributed by atoms with van der Waals surface area (Å²) in [7, 11) is 0. The van der Waals surface area contributed by atoms with Crippen LogP contribution in [0, 0.1) is 10.1 Å². The fourth-order valence-electron chi connectivity index (χ4n) is 1.17. The summed E-state index contributed by atoms with van der Waals surface area (Å²) in [6.07, 6.45) is 0. The van der Waals surface area contributed by atoms with Crippen LogP contribution in [0.5, 0.6) is 0 Å². The molecule has 5 nitrogen and oxygen atoms in total. The first-order valence-electron chi connectivity index (χ1n) is 4.34. The topological polar surface area (TPSA) is 69.4 Å². The molecule has 0 N–H and O–H groups in total. The number of hydrogen-bond acceptors (Lipinski definition) is 4. The molecule has 0 radical (unpaired) electrons. The minimum Gasteiger partial charge on any atom is -0.457 e. The van der Waals surface area contributed by atoms with Crippen LogP contribution >= 0.6 is 0 Å². The summed E-state index contributed by atoms with van der Waals surface area (Å²) in [6, 6.07) is 5.90. The van der Waals surface area contributed by atoms with Gasteiger partial charge in [0.15, 0.2) is 0 Å². The van der Waals surface area contributed by atoms with Crippen LogP contribution in [0.1, 0.15) is 19.4 Å². The molecule has 0 aliphatic heterocycles. The van der Waals surface area contributed by atoms with E-state index in [9.17, 15) is 14.9 Å². The molecule has 0 unspecified atom stereocenters. The summed E-state index contributed by atoms with van der Waals surface area (Å²) in [5.41, 5.74) is -0.0440. The fourth-order valence-corrected chi connectivity index (χ4v) is 1.17. The Bertz CT molecular complexity index is 370. The van der Waals surface area contributed by atoms with Gasteiger partial charge in [0.2, 0.25) is 0 Å². The minimum atomic E-state index is -0.767. The smallest absolute Gasteiger partial charge is 0.293 e. The Hall–Kier alpha value is -1.91. The van der Waals surface area contributed by atoms with E-state index < -0.39 is 10.5 Å². The molecular formula is C10H11NO4. The molecule has 1 rings (SSSR count). The maximum Gasteiger partial charge on any atom is 0.293 e. The lowest BCUT2D eigenvalue weighted by Crippen LogP contribution is -2.20. The molecule has 0 fully saturated rings. The highest BCUT2D eigenvalue weighted by Gasteiger charge is 2.22. The minimum absolute atomic E-state index is 0.0145. The average Bonchev–Trinajstić information content (AvgIpc) is 2.18. The van der Waals surface area contributed by atoms with E-state index in [2.05, 4.69) is 0 Å². The molecular weight excluding hydrogens is 198 g/mol. The van der Waals surface area contributed by atoms with E-state index in [1.165, 1.54) is 12.1 Å². The van der Waals surface area contributed by atoms with Crippen LogP contribution in [0.3, 0.4) is 0 Å². The lowest BCUT2D eigenvalue weighted by Gasteiger charge is -2.22. The van der Waals surface area contributed by atoms with Gasteiger partial charge in [0.25, 0.3) is 12.2 Å². The molecule has 0 spiro atoms. The Morgan fingerprint density at radius 2 is 1.87 bits per heavy atom. The van der Waals surface area contributed by atoms with E-state index in [0.717, 1.165) is 0 Å². The number of non-ortho nitro benzene ring substituents is 1. The number of hydrogen-bond donors (Lipinski definition) is 0. The number of nitro groups is 1. The molecule has 0 saturated carbocycles. The average molecular weight is 209 g/mol. The maximum atomic E-state index is 10.4. The van der Waals surface area contributed by atoms with E-state index in [4.69, 9.17) is 4.74 Å². The standard InChI is InChI=1S/C10H11NO4/c1-10(2,15-7-12)8-3-5-9(6-4-8)11(13)14/h3-7H,1-2H3. The van der Waals surface area contributed by atoms with Gasteiger partial charge in [-0.2, -0.15) is 0 Å². The van der Waals surface area contributed by atoms with Gasteiger partial charge in [-0.05, 0) is 31.5 Å². The molecule has 0 aliphatic carbocycles. The van der Waals surface area contributed by atoms with E-state index in [-0.39, 0.29) is 5.69 Å². The highest BCUT2D eigenvalue weighted by Crippen LogP contribution is 2.25. The largest absolute Gasteiger partial charge is 0.457 e. The van der Waals surface area contributed by atoms with Crippen molar-refractivity contribution in [3.05, 3.63) is 39.9 Å². The third kappa shape index (κ3) is 2.52. The normalized spacial score (nSPS) is 10.8. The molecule has 0 bridgehead atoms. The molecule has 0 heterocycles. The molecule has 0 amide bonds. The van der Waals surface area contributed by atoms with Gasteiger partial charge in [0, 0.05) is 12.1 Å². The summed E-state index contributed by atoms with van der Waals surface area (Å²) in [5, 5.41) is 10.4. The zero-order valence-electron chi connectivity index (χ0n) is 8.47. The summed E-state index contributed by atoms with van der Waals surface area (Å²) in [6.45, 7) is 3.78. The second-order valence-electron chi connectivity index (χ2n) is 3.53. The maximum absolute atomic E-state index is 10.4. The quantitative estimate of drug-likeness (QED) is 0.432. The van der Waals surface area contributed by atoms with Crippen molar-refractivity contribution in [2.45, 2.75) is 19.4 Å². The van der Waals surface area contributed by atoms with Crippen LogP contribution in [-0.4, -0.2) is 11.4 Å². The monoisotopic (exact) mass is 209 g/mol. The Morgan fingerprint density at radius 1 is 1.33 bits per heavy atom. The Morgan fingerprint density at radius 3 is 2.27 bits per heavy atom. The first-order chi connectivity index (χ1) is 6.97. The number of benzene rings is 1. The number of ether oxygens (including phenoxy) is 1. The van der Waals surface area contributed by atoms with Gasteiger partial charge in [-0.25, -0.2) is 0 Å². The van der Waals surface area contributed by atoms with Crippen LogP contribution in [0.15, 0.2) is 24.3 Å². The number of carbonyl (C=O) groups is 1. The fraction of sp³-hybridized carbons (Fsp3) is 0.300. The van der Waals surface area contributed by atoms with Crippen molar-refractivity contribution >= 4 is 12.2 Å². The zero-order chi connectivity index (χ0) is 11.5. The van der Waals surface area contributed by atoms with Gasteiger partial charge in [0.1, 0.15) is 5.60 Å². The van der Waals surface area contributed by atoms with E-state index in [1.54, 1.807) is 26.0 Å². The lowest BCUT2D eigenvalue weighted by atomic mass is 9.98. The third-order valence-electron chi connectivity index (χ3n) is 2.12. The number of nitro benzene ring substituents is 1. The van der Waals surface area contributed by atoms with Crippen molar-refractivity contribution in [1.29, 1.82) is 0 Å². The molecule has 1 aromatic rings. The number of rotatable bonds is 4. The molecule has 0 aromatic heterocycles. The SMILES string of the molecule is CC(C)(OC=O)c1ccc([N+](=O)[O-])cc1. The van der Waals surface area contributed by atoms with Crippen molar-refractivity contribution in [2.75, 3.05) is 0 Å². The Labute approximate surface area is 86.8 Å². The second-order valence-corrected chi connectivity index (χ2v) is 3.53. The number of carbonyl (C=O) groups excluding carboxylic acids is 1. The predicted octanol–water partition coefficient (Wildman–Crippen LogP) is 2.00. The van der Waals surface area contributed by atoms with Crippen LogP contribution < -0.4 is 0 Å². The number of nitrogens with zero attached hydrogens (tertiary/aromatic N) is 1. The predicted molar refractivity (Wildman–Crippen MR) is 53.3 cm³/mol. The van der Waals surface area contributed by atoms with Gasteiger partial charge < -0.3 is 4.74 Å².